The molecule has 0 saturated heterocycles. The molecule has 3 aromatic rings. The monoisotopic (exact) mass is 428 g/mol. The molecule has 8 heteroatoms. The van der Waals surface area contributed by atoms with Crippen molar-refractivity contribution in [1.82, 2.24) is 0 Å². The number of halogens is 1. The van der Waals surface area contributed by atoms with Crippen LogP contribution in [0.1, 0.15) is 33.9 Å². The third-order valence-corrected chi connectivity index (χ3v) is 4.88. The molecule has 1 heterocycles. The van der Waals surface area contributed by atoms with E-state index in [0.29, 0.717) is 41.0 Å². The number of benzene rings is 2. The molecule has 2 N–H and O–H groups in total. The van der Waals surface area contributed by atoms with Crippen LogP contribution in [0, 0.1) is 5.82 Å². The van der Waals surface area contributed by atoms with Crippen molar-refractivity contribution in [3.8, 4) is 11.5 Å². The van der Waals surface area contributed by atoms with E-state index in [1.807, 2.05) is 12.3 Å². The van der Waals surface area contributed by atoms with E-state index in [2.05, 4.69) is 10.6 Å². The number of hydrogen-bond acceptors (Lipinski definition) is 5. The molecular weight excluding hydrogens is 407 g/mol. The van der Waals surface area contributed by atoms with Crippen LogP contribution in [0.3, 0.4) is 0 Å². The number of carbonyl (C=O) groups excluding carboxylic acids is 2. The van der Waals surface area contributed by atoms with Crippen molar-refractivity contribution in [3.05, 3.63) is 70.2 Å². The molecule has 0 saturated carbocycles. The van der Waals surface area contributed by atoms with E-state index in [-0.39, 0.29) is 11.5 Å². The van der Waals surface area contributed by atoms with Crippen LogP contribution in [-0.4, -0.2) is 25.0 Å². The van der Waals surface area contributed by atoms with E-state index >= 15 is 0 Å². The lowest BCUT2D eigenvalue weighted by molar-refractivity contribution is 0.101. The van der Waals surface area contributed by atoms with Crippen molar-refractivity contribution in [2.24, 2.45) is 0 Å². The van der Waals surface area contributed by atoms with Crippen LogP contribution in [0.2, 0.25) is 0 Å². The smallest absolute Gasteiger partial charge is 0.265 e. The second-order valence-corrected chi connectivity index (χ2v) is 7.05. The normalized spacial score (nSPS) is 10.4. The topological polar surface area (TPSA) is 76.7 Å². The van der Waals surface area contributed by atoms with Crippen molar-refractivity contribution >= 4 is 34.5 Å². The molecule has 0 aliphatic rings. The van der Waals surface area contributed by atoms with E-state index in [1.54, 1.807) is 31.2 Å². The van der Waals surface area contributed by atoms with E-state index in [1.165, 1.54) is 29.5 Å². The molecule has 156 valence electrons. The number of carbonyl (C=O) groups is 2. The Morgan fingerprint density at radius 1 is 0.900 bits per heavy atom. The lowest BCUT2D eigenvalue weighted by Crippen LogP contribution is -2.15. The molecule has 1 aromatic heterocycles. The molecule has 0 aliphatic heterocycles. The first kappa shape index (κ1) is 21.3. The molecule has 0 bridgehead atoms. The predicted molar refractivity (Wildman–Crippen MR) is 115 cm³/mol. The molecular formula is C22H21FN2O4S. The Hall–Kier alpha value is -3.39. The Morgan fingerprint density at radius 3 is 2.07 bits per heavy atom. The number of rotatable bonds is 8. The number of anilines is 2. The maximum Gasteiger partial charge on any atom is 0.265 e. The minimum absolute atomic E-state index is 0.172. The fourth-order valence-corrected chi connectivity index (χ4v) is 3.34. The molecule has 0 aliphatic carbocycles. The minimum Gasteiger partial charge on any atom is -0.492 e. The Balaban J connectivity index is 1.93. The number of nitrogens with one attached hydrogen (secondary N) is 2. The van der Waals surface area contributed by atoms with Crippen molar-refractivity contribution in [1.29, 1.82) is 0 Å². The Bertz CT molecular complexity index is 1040. The highest BCUT2D eigenvalue weighted by Crippen LogP contribution is 2.37. The summed E-state index contributed by atoms with van der Waals surface area (Å²) in [6.45, 7) is 4.31. The summed E-state index contributed by atoms with van der Waals surface area (Å²) < 4.78 is 24.8. The van der Waals surface area contributed by atoms with E-state index in [0.717, 1.165) is 6.07 Å². The van der Waals surface area contributed by atoms with Gasteiger partial charge in [0.25, 0.3) is 11.8 Å². The highest BCUT2D eigenvalue weighted by molar-refractivity contribution is 7.12. The predicted octanol–water partition coefficient (Wildman–Crippen LogP) is 5.19. The van der Waals surface area contributed by atoms with Crippen molar-refractivity contribution in [3.63, 3.8) is 0 Å². The molecule has 2 amide bonds. The molecule has 0 atom stereocenters. The van der Waals surface area contributed by atoms with Gasteiger partial charge >= 0.3 is 0 Å². The average molecular weight is 428 g/mol. The molecule has 30 heavy (non-hydrogen) atoms. The van der Waals surface area contributed by atoms with Crippen LogP contribution >= 0.6 is 11.3 Å². The molecule has 0 unspecified atom stereocenters. The van der Waals surface area contributed by atoms with Gasteiger partial charge in [0.15, 0.2) is 0 Å². The third kappa shape index (κ3) is 5.15. The van der Waals surface area contributed by atoms with Gasteiger partial charge in [0.2, 0.25) is 0 Å². The summed E-state index contributed by atoms with van der Waals surface area (Å²) in [6, 6.07) is 12.1. The maximum atomic E-state index is 13.5. The van der Waals surface area contributed by atoms with Crippen LogP contribution in [0.15, 0.2) is 53.9 Å². The maximum absolute atomic E-state index is 13.5. The van der Waals surface area contributed by atoms with Gasteiger partial charge in [-0.05, 0) is 43.5 Å². The van der Waals surface area contributed by atoms with Gasteiger partial charge in [-0.15, -0.1) is 11.3 Å². The largest absolute Gasteiger partial charge is 0.492 e. The first-order valence-corrected chi connectivity index (χ1v) is 10.2. The van der Waals surface area contributed by atoms with E-state index in [9.17, 15) is 14.0 Å². The quantitative estimate of drug-likeness (QED) is 0.518. The standard InChI is InChI=1S/C22H21FN2O4S/c1-3-28-18-13-17(25-22(27)20-9-6-10-30-20)19(29-4-2)12-16(18)24-21(26)14-7-5-8-15(23)11-14/h5-13H,3-4H2,1-2H3,(H,24,26)(H,25,27). The Labute approximate surface area is 177 Å². The zero-order chi connectivity index (χ0) is 21.5. The number of ether oxygens (including phenoxy) is 2. The lowest BCUT2D eigenvalue weighted by atomic mass is 10.2. The van der Waals surface area contributed by atoms with Crippen molar-refractivity contribution in [2.75, 3.05) is 23.8 Å². The highest BCUT2D eigenvalue weighted by atomic mass is 32.1. The van der Waals surface area contributed by atoms with Crippen molar-refractivity contribution in [2.45, 2.75) is 13.8 Å². The molecule has 3 rings (SSSR count). The fraction of sp³-hybridized carbons (Fsp3) is 0.182. The van der Waals surface area contributed by atoms with Gasteiger partial charge in [0, 0.05) is 17.7 Å². The van der Waals surface area contributed by atoms with Crippen molar-refractivity contribution < 1.29 is 23.5 Å². The Morgan fingerprint density at radius 2 is 1.53 bits per heavy atom. The van der Waals surface area contributed by atoms with Crippen LogP contribution < -0.4 is 20.1 Å². The molecule has 6 nitrogen and oxygen atoms in total. The van der Waals surface area contributed by atoms with Crippen LogP contribution in [-0.2, 0) is 0 Å². The summed E-state index contributed by atoms with van der Waals surface area (Å²) in [5.74, 6) is -0.542. The molecule has 0 radical (unpaired) electrons. The fourth-order valence-electron chi connectivity index (χ4n) is 2.72. The summed E-state index contributed by atoms with van der Waals surface area (Å²) in [4.78, 5) is 25.6. The first-order chi connectivity index (χ1) is 14.5. The second-order valence-electron chi connectivity index (χ2n) is 6.11. The molecule has 0 spiro atoms. The van der Waals surface area contributed by atoms with Gasteiger partial charge in [0.1, 0.15) is 17.3 Å². The van der Waals surface area contributed by atoms with Gasteiger partial charge in [-0.3, -0.25) is 9.59 Å². The zero-order valence-electron chi connectivity index (χ0n) is 16.5. The Kier molecular flexibility index (Phi) is 7.03. The summed E-state index contributed by atoms with van der Waals surface area (Å²) in [7, 11) is 0. The number of thiophene rings is 1. The molecule has 2 aromatic carbocycles. The number of hydrogen-bond donors (Lipinski definition) is 2. The van der Waals surface area contributed by atoms with E-state index in [4.69, 9.17) is 9.47 Å². The summed E-state index contributed by atoms with van der Waals surface area (Å²) in [6.07, 6.45) is 0. The lowest BCUT2D eigenvalue weighted by Gasteiger charge is -2.17. The van der Waals surface area contributed by atoms with Gasteiger partial charge in [-0.25, -0.2) is 4.39 Å². The third-order valence-electron chi connectivity index (χ3n) is 4.01. The SMILES string of the molecule is CCOc1cc(NC(=O)c2cccs2)c(OCC)cc1NC(=O)c1cccc(F)c1. The van der Waals surface area contributed by atoms with E-state index < -0.39 is 11.7 Å². The summed E-state index contributed by atoms with van der Waals surface area (Å²) >= 11 is 1.32. The number of amides is 2. The molecule has 0 fully saturated rings. The average Bonchev–Trinajstić information content (AvgIpc) is 3.26. The van der Waals surface area contributed by atoms with Gasteiger partial charge in [0.05, 0.1) is 29.5 Å². The van der Waals surface area contributed by atoms with Gasteiger partial charge in [-0.1, -0.05) is 12.1 Å². The van der Waals surface area contributed by atoms with Crippen LogP contribution in [0.5, 0.6) is 11.5 Å². The highest BCUT2D eigenvalue weighted by Gasteiger charge is 2.18. The summed E-state index contributed by atoms with van der Waals surface area (Å²) in [5, 5.41) is 7.36. The van der Waals surface area contributed by atoms with Gasteiger partial charge < -0.3 is 20.1 Å². The van der Waals surface area contributed by atoms with Gasteiger partial charge in [-0.2, -0.15) is 0 Å². The first-order valence-electron chi connectivity index (χ1n) is 9.37. The zero-order valence-corrected chi connectivity index (χ0v) is 17.3. The van der Waals surface area contributed by atoms with Crippen LogP contribution in [0.25, 0.3) is 0 Å². The van der Waals surface area contributed by atoms with Crippen LogP contribution in [0.4, 0.5) is 15.8 Å². The summed E-state index contributed by atoms with van der Waals surface area (Å²) in [5.41, 5.74) is 0.941. The second kappa shape index (κ2) is 9.89. The minimum atomic E-state index is -0.505.